The summed E-state index contributed by atoms with van der Waals surface area (Å²) in [6.07, 6.45) is 0. The van der Waals surface area contributed by atoms with Crippen molar-refractivity contribution in [2.45, 2.75) is 11.8 Å². The summed E-state index contributed by atoms with van der Waals surface area (Å²) in [5.41, 5.74) is 8.62. The number of hydrogen-bond acceptors (Lipinski definition) is 3. The lowest BCUT2D eigenvalue weighted by Crippen LogP contribution is -2.00. The maximum Gasteiger partial charge on any atom is 0.265 e. The van der Waals surface area contributed by atoms with Crippen molar-refractivity contribution < 1.29 is 8.42 Å². The summed E-state index contributed by atoms with van der Waals surface area (Å²) in [5, 5.41) is 8.78. The fraction of sp³-hybridized carbons (Fsp3) is 0.125. The van der Waals surface area contributed by atoms with Crippen LogP contribution < -0.4 is 0 Å². The predicted octanol–water partition coefficient (Wildman–Crippen LogP) is 1.87. The summed E-state index contributed by atoms with van der Waals surface area (Å²) in [7, 11) is -4.09. The highest BCUT2D eigenvalue weighted by atomic mass is 32.2. The van der Waals surface area contributed by atoms with E-state index in [4.69, 9.17) is 10.8 Å². The average molecular weight is 222 g/mol. The van der Waals surface area contributed by atoms with Crippen LogP contribution in [0.2, 0.25) is 0 Å². The van der Waals surface area contributed by atoms with E-state index in [1.165, 1.54) is 12.1 Å². The predicted molar refractivity (Wildman–Crippen MR) is 52.2 cm³/mol. The third kappa shape index (κ3) is 2.07. The van der Waals surface area contributed by atoms with Crippen molar-refractivity contribution in [2.24, 2.45) is 4.52 Å². The van der Waals surface area contributed by atoms with Crippen molar-refractivity contribution >= 4 is 10.0 Å². The molecule has 0 radical (unpaired) electrons. The van der Waals surface area contributed by atoms with Gasteiger partial charge < -0.3 is 0 Å². The van der Waals surface area contributed by atoms with Crippen molar-refractivity contribution in [3.05, 3.63) is 39.8 Å². The van der Waals surface area contributed by atoms with Crippen LogP contribution in [0.3, 0.4) is 0 Å². The number of hydrogen-bond donors (Lipinski definition) is 0. The minimum Gasteiger partial charge on any atom is -0.216 e. The van der Waals surface area contributed by atoms with Crippen molar-refractivity contribution in [1.29, 1.82) is 5.26 Å². The van der Waals surface area contributed by atoms with E-state index in [1.807, 2.05) is 0 Å². The number of benzene rings is 1. The molecule has 0 unspecified atom stereocenters. The van der Waals surface area contributed by atoms with Crippen molar-refractivity contribution in [3.63, 3.8) is 0 Å². The van der Waals surface area contributed by atoms with Crippen LogP contribution in [0.25, 0.3) is 10.4 Å². The highest BCUT2D eigenvalue weighted by Gasteiger charge is 2.17. The quantitative estimate of drug-likeness (QED) is 0.433. The van der Waals surface area contributed by atoms with Gasteiger partial charge in [-0.2, -0.15) is 5.26 Å². The molecule has 0 aliphatic heterocycles. The first-order valence-electron chi connectivity index (χ1n) is 3.84. The summed E-state index contributed by atoms with van der Waals surface area (Å²) in [5.74, 6) is 0. The Morgan fingerprint density at radius 3 is 2.73 bits per heavy atom. The number of sulfonamides is 1. The molecule has 0 amide bonds. The Balaban J connectivity index is 3.61. The molecule has 0 heterocycles. The monoisotopic (exact) mass is 222 g/mol. The molecule has 0 fully saturated rings. The third-order valence-electron chi connectivity index (χ3n) is 1.77. The Bertz CT molecular complexity index is 579. The fourth-order valence-electron chi connectivity index (χ4n) is 1.09. The van der Waals surface area contributed by atoms with Gasteiger partial charge in [0.05, 0.1) is 10.5 Å². The second-order valence-corrected chi connectivity index (χ2v) is 4.26. The van der Waals surface area contributed by atoms with Gasteiger partial charge in [0, 0.05) is 9.43 Å². The maximum absolute atomic E-state index is 11.4. The standard InChI is InChI=1S/C8H6N4O2S/c1-6-3-2-4-8(7(6)5-9)15(13,14)12-11-10/h2-4H,1H3. The number of nitrogens with zero attached hydrogens (tertiary/aromatic N) is 4. The van der Waals surface area contributed by atoms with Gasteiger partial charge in [-0.25, -0.2) is 8.42 Å². The first-order valence-corrected chi connectivity index (χ1v) is 5.28. The van der Waals surface area contributed by atoms with Crippen LogP contribution in [0.1, 0.15) is 11.1 Å². The molecule has 1 rings (SSSR count). The first kappa shape index (κ1) is 11.0. The summed E-state index contributed by atoms with van der Waals surface area (Å²) >= 11 is 0. The molecule has 0 bridgehead atoms. The van der Waals surface area contributed by atoms with Gasteiger partial charge in [0.1, 0.15) is 6.07 Å². The Kier molecular flexibility index (Phi) is 2.95. The lowest BCUT2D eigenvalue weighted by Gasteiger charge is -2.02. The summed E-state index contributed by atoms with van der Waals surface area (Å²) in [4.78, 5) is 1.96. The molecule has 15 heavy (non-hydrogen) atoms. The largest absolute Gasteiger partial charge is 0.265 e. The minimum atomic E-state index is -4.09. The molecule has 0 saturated heterocycles. The molecule has 6 nitrogen and oxygen atoms in total. The zero-order valence-corrected chi connectivity index (χ0v) is 8.56. The van der Waals surface area contributed by atoms with Crippen molar-refractivity contribution in [3.8, 4) is 6.07 Å². The molecule has 0 aromatic heterocycles. The van der Waals surface area contributed by atoms with Crippen LogP contribution >= 0.6 is 0 Å². The Hall–Kier alpha value is -2.03. The van der Waals surface area contributed by atoms with Gasteiger partial charge in [0.15, 0.2) is 0 Å². The number of azide groups is 1. The normalized spacial score (nSPS) is 10.1. The van der Waals surface area contributed by atoms with E-state index in [0.29, 0.717) is 5.56 Å². The molecule has 0 aliphatic rings. The second-order valence-electron chi connectivity index (χ2n) is 2.71. The lowest BCUT2D eigenvalue weighted by atomic mass is 10.1. The van der Waals surface area contributed by atoms with E-state index in [1.54, 1.807) is 19.1 Å². The zero-order chi connectivity index (χ0) is 11.5. The van der Waals surface area contributed by atoms with Crippen LogP contribution in [0.15, 0.2) is 27.6 Å². The number of nitriles is 1. The smallest absolute Gasteiger partial charge is 0.216 e. The second kappa shape index (κ2) is 4.00. The molecule has 0 aliphatic carbocycles. The fourth-order valence-corrected chi connectivity index (χ4v) is 1.99. The molecule has 0 spiro atoms. The van der Waals surface area contributed by atoms with Gasteiger partial charge in [-0.3, -0.25) is 0 Å². The average Bonchev–Trinajstić information content (AvgIpc) is 2.17. The highest BCUT2D eigenvalue weighted by molar-refractivity contribution is 7.90. The minimum absolute atomic E-state index is 0.00454. The van der Waals surface area contributed by atoms with Gasteiger partial charge in [-0.05, 0) is 24.1 Å². The summed E-state index contributed by atoms with van der Waals surface area (Å²) in [6.45, 7) is 1.60. The molecule has 1 aromatic rings. The first-order chi connectivity index (χ1) is 7.03. The Morgan fingerprint density at radius 2 is 2.20 bits per heavy atom. The van der Waals surface area contributed by atoms with Gasteiger partial charge in [-0.1, -0.05) is 12.1 Å². The molecule has 0 N–H and O–H groups in total. The zero-order valence-electron chi connectivity index (χ0n) is 7.75. The van der Waals surface area contributed by atoms with E-state index in [-0.39, 0.29) is 10.5 Å². The third-order valence-corrected chi connectivity index (χ3v) is 2.95. The van der Waals surface area contributed by atoms with Gasteiger partial charge >= 0.3 is 0 Å². The van der Waals surface area contributed by atoms with Gasteiger partial charge in [-0.15, -0.1) is 0 Å². The Labute approximate surface area is 86.4 Å². The lowest BCUT2D eigenvalue weighted by molar-refractivity contribution is 0.597. The van der Waals surface area contributed by atoms with Crippen molar-refractivity contribution in [1.82, 2.24) is 0 Å². The maximum atomic E-state index is 11.4. The van der Waals surface area contributed by atoms with Crippen LogP contribution in [-0.4, -0.2) is 8.42 Å². The molecule has 76 valence electrons. The van der Waals surface area contributed by atoms with Crippen LogP contribution in [0.4, 0.5) is 0 Å². The highest BCUT2D eigenvalue weighted by Crippen LogP contribution is 2.20. The van der Waals surface area contributed by atoms with Crippen LogP contribution in [0, 0.1) is 18.3 Å². The van der Waals surface area contributed by atoms with Crippen LogP contribution in [0.5, 0.6) is 0 Å². The Morgan fingerprint density at radius 1 is 1.53 bits per heavy atom. The van der Waals surface area contributed by atoms with E-state index in [0.717, 1.165) is 0 Å². The molecule has 0 atom stereocenters. The topological polar surface area (TPSA) is 107 Å². The summed E-state index contributed by atoms with van der Waals surface area (Å²) < 4.78 is 25.5. The molecular formula is C8H6N4O2S. The van der Waals surface area contributed by atoms with Crippen molar-refractivity contribution in [2.75, 3.05) is 0 Å². The molecule has 7 heteroatoms. The van der Waals surface area contributed by atoms with Gasteiger partial charge in [0.2, 0.25) is 0 Å². The van der Waals surface area contributed by atoms with Gasteiger partial charge in [0.25, 0.3) is 10.0 Å². The molecule has 0 saturated carbocycles. The molecule has 1 aromatic carbocycles. The summed E-state index contributed by atoms with van der Waals surface area (Å²) in [6, 6.07) is 6.08. The number of rotatable bonds is 2. The van der Waals surface area contributed by atoms with E-state index >= 15 is 0 Å². The van der Waals surface area contributed by atoms with E-state index < -0.39 is 10.0 Å². The SMILES string of the molecule is Cc1cccc(S(=O)(=O)N=[N+]=[N-])c1C#N. The van der Waals surface area contributed by atoms with E-state index in [9.17, 15) is 8.42 Å². The van der Waals surface area contributed by atoms with E-state index in [2.05, 4.69) is 9.43 Å². The number of aryl methyl sites for hydroxylation is 1. The molecular weight excluding hydrogens is 216 g/mol. The van der Waals surface area contributed by atoms with Crippen LogP contribution in [-0.2, 0) is 10.0 Å².